The molecule has 100 valence electrons. The van der Waals surface area contributed by atoms with Crippen LogP contribution in [0.1, 0.15) is 18.4 Å². The van der Waals surface area contributed by atoms with E-state index < -0.39 is 0 Å². The standard InChI is InChI=1S/C13H18N6/c1-10-7-15-12(14)18-11(10)16-8-13(3-4-13)9-19-6-2-5-17-19/h2,5-7H,3-4,8-9H2,1H3,(H3,14,15,16,18). The Morgan fingerprint density at radius 2 is 2.32 bits per heavy atom. The summed E-state index contributed by atoms with van der Waals surface area (Å²) in [5.41, 5.74) is 6.94. The van der Waals surface area contributed by atoms with E-state index in [-0.39, 0.29) is 0 Å². The van der Waals surface area contributed by atoms with Crippen molar-refractivity contribution in [3.63, 3.8) is 0 Å². The first-order valence-electron chi connectivity index (χ1n) is 6.47. The molecule has 6 heteroatoms. The number of hydrogen-bond acceptors (Lipinski definition) is 5. The Bertz CT molecular complexity index is 559. The van der Waals surface area contributed by atoms with E-state index in [0.717, 1.165) is 24.5 Å². The molecule has 0 saturated heterocycles. The first-order valence-corrected chi connectivity index (χ1v) is 6.47. The molecule has 0 spiro atoms. The van der Waals surface area contributed by atoms with Gasteiger partial charge in [0.05, 0.1) is 0 Å². The van der Waals surface area contributed by atoms with Crippen molar-refractivity contribution in [1.82, 2.24) is 19.7 Å². The van der Waals surface area contributed by atoms with Crippen LogP contribution in [0.4, 0.5) is 11.8 Å². The largest absolute Gasteiger partial charge is 0.369 e. The predicted molar refractivity (Wildman–Crippen MR) is 73.6 cm³/mol. The summed E-state index contributed by atoms with van der Waals surface area (Å²) in [4.78, 5) is 8.21. The van der Waals surface area contributed by atoms with Crippen LogP contribution in [0.3, 0.4) is 0 Å². The summed E-state index contributed by atoms with van der Waals surface area (Å²) in [5, 5.41) is 7.67. The van der Waals surface area contributed by atoms with E-state index in [9.17, 15) is 0 Å². The molecule has 2 heterocycles. The highest BCUT2D eigenvalue weighted by atomic mass is 15.3. The van der Waals surface area contributed by atoms with Gasteiger partial charge in [0.2, 0.25) is 5.95 Å². The van der Waals surface area contributed by atoms with Crippen molar-refractivity contribution in [3.05, 3.63) is 30.2 Å². The summed E-state index contributed by atoms with van der Waals surface area (Å²) in [6.07, 6.45) is 8.02. The van der Waals surface area contributed by atoms with E-state index in [0.29, 0.717) is 11.4 Å². The second-order valence-electron chi connectivity index (χ2n) is 5.32. The van der Waals surface area contributed by atoms with Crippen molar-refractivity contribution in [2.24, 2.45) is 5.41 Å². The van der Waals surface area contributed by atoms with Crippen LogP contribution in [-0.4, -0.2) is 26.3 Å². The van der Waals surface area contributed by atoms with Gasteiger partial charge < -0.3 is 11.1 Å². The fourth-order valence-electron chi connectivity index (χ4n) is 2.21. The smallest absolute Gasteiger partial charge is 0.221 e. The van der Waals surface area contributed by atoms with Crippen molar-refractivity contribution >= 4 is 11.8 Å². The Morgan fingerprint density at radius 3 is 3.00 bits per heavy atom. The fourth-order valence-corrected chi connectivity index (χ4v) is 2.21. The summed E-state index contributed by atoms with van der Waals surface area (Å²) in [6.45, 7) is 3.83. The third-order valence-corrected chi connectivity index (χ3v) is 3.63. The summed E-state index contributed by atoms with van der Waals surface area (Å²) in [5.74, 6) is 1.14. The molecule has 1 aliphatic rings. The average molecular weight is 258 g/mol. The van der Waals surface area contributed by atoms with Gasteiger partial charge in [0.25, 0.3) is 0 Å². The number of aryl methyl sites for hydroxylation is 1. The van der Waals surface area contributed by atoms with Gasteiger partial charge in [-0.3, -0.25) is 4.68 Å². The normalized spacial score (nSPS) is 16.3. The Labute approximate surface area is 112 Å². The number of hydrogen-bond donors (Lipinski definition) is 2. The SMILES string of the molecule is Cc1cnc(N)nc1NCC1(Cn2cccn2)CC1. The van der Waals surface area contributed by atoms with Crippen molar-refractivity contribution in [2.45, 2.75) is 26.3 Å². The molecule has 0 bridgehead atoms. The first kappa shape index (κ1) is 12.0. The lowest BCUT2D eigenvalue weighted by Crippen LogP contribution is -2.22. The van der Waals surface area contributed by atoms with Crippen LogP contribution < -0.4 is 11.1 Å². The van der Waals surface area contributed by atoms with Gasteiger partial charge >= 0.3 is 0 Å². The minimum atomic E-state index is 0.304. The zero-order valence-electron chi connectivity index (χ0n) is 11.0. The number of nitrogens with one attached hydrogen (secondary N) is 1. The molecule has 0 unspecified atom stereocenters. The first-order chi connectivity index (χ1) is 9.17. The van der Waals surface area contributed by atoms with Crippen LogP contribution in [0.2, 0.25) is 0 Å². The van der Waals surface area contributed by atoms with E-state index in [1.54, 1.807) is 6.20 Å². The molecular weight excluding hydrogens is 240 g/mol. The second-order valence-corrected chi connectivity index (χ2v) is 5.32. The molecule has 2 aromatic heterocycles. The molecule has 3 rings (SSSR count). The predicted octanol–water partition coefficient (Wildman–Crippen LogP) is 1.46. The highest BCUT2D eigenvalue weighted by Gasteiger charge is 2.43. The van der Waals surface area contributed by atoms with Crippen molar-refractivity contribution in [2.75, 3.05) is 17.6 Å². The molecule has 1 aliphatic carbocycles. The quantitative estimate of drug-likeness (QED) is 0.848. The van der Waals surface area contributed by atoms with Crippen molar-refractivity contribution < 1.29 is 0 Å². The van der Waals surface area contributed by atoms with Crippen molar-refractivity contribution in [3.8, 4) is 0 Å². The summed E-state index contributed by atoms with van der Waals surface area (Å²) < 4.78 is 2.00. The molecule has 0 radical (unpaired) electrons. The van der Waals surface area contributed by atoms with Gasteiger partial charge in [-0.05, 0) is 25.8 Å². The third kappa shape index (κ3) is 2.67. The lowest BCUT2D eigenvalue weighted by Gasteiger charge is -2.17. The van der Waals surface area contributed by atoms with E-state index in [1.165, 1.54) is 12.8 Å². The Balaban J connectivity index is 1.64. The lowest BCUT2D eigenvalue weighted by atomic mass is 10.1. The van der Waals surface area contributed by atoms with Gasteiger partial charge in [-0.2, -0.15) is 10.1 Å². The van der Waals surface area contributed by atoms with Gasteiger partial charge in [0.15, 0.2) is 0 Å². The number of nitrogens with two attached hydrogens (primary N) is 1. The van der Waals surface area contributed by atoms with E-state index in [2.05, 4.69) is 20.4 Å². The number of rotatable bonds is 5. The van der Waals surface area contributed by atoms with Crippen molar-refractivity contribution in [1.29, 1.82) is 0 Å². The molecule has 6 nitrogen and oxygen atoms in total. The Kier molecular flexibility index (Phi) is 2.85. The molecule has 0 aliphatic heterocycles. The van der Waals surface area contributed by atoms with Crippen LogP contribution in [0.5, 0.6) is 0 Å². The summed E-state index contributed by atoms with van der Waals surface area (Å²) in [6, 6.07) is 1.96. The highest BCUT2D eigenvalue weighted by molar-refractivity contribution is 5.45. The minimum Gasteiger partial charge on any atom is -0.369 e. The molecule has 1 fully saturated rings. The number of aromatic nitrogens is 4. The monoisotopic (exact) mass is 258 g/mol. The van der Waals surface area contributed by atoms with Crippen LogP contribution in [0.15, 0.2) is 24.7 Å². The Morgan fingerprint density at radius 1 is 1.47 bits per heavy atom. The number of anilines is 2. The molecule has 1 saturated carbocycles. The van der Waals surface area contributed by atoms with Gasteiger partial charge in [0.1, 0.15) is 5.82 Å². The lowest BCUT2D eigenvalue weighted by molar-refractivity contribution is 0.416. The molecule has 2 aromatic rings. The topological polar surface area (TPSA) is 81.6 Å². The minimum absolute atomic E-state index is 0.304. The highest BCUT2D eigenvalue weighted by Crippen LogP contribution is 2.47. The molecule has 0 amide bonds. The van der Waals surface area contributed by atoms with Gasteiger partial charge in [0, 0.05) is 42.7 Å². The van der Waals surface area contributed by atoms with Crippen LogP contribution in [0, 0.1) is 12.3 Å². The Hall–Kier alpha value is -2.11. The second kappa shape index (κ2) is 4.53. The molecule has 0 atom stereocenters. The maximum absolute atomic E-state index is 5.62. The third-order valence-electron chi connectivity index (χ3n) is 3.63. The maximum atomic E-state index is 5.62. The zero-order chi connectivity index (χ0) is 13.3. The molecule has 3 N–H and O–H groups in total. The molecule has 19 heavy (non-hydrogen) atoms. The maximum Gasteiger partial charge on any atom is 0.221 e. The van der Waals surface area contributed by atoms with E-state index in [4.69, 9.17) is 5.73 Å². The zero-order valence-corrected chi connectivity index (χ0v) is 11.0. The summed E-state index contributed by atoms with van der Waals surface area (Å²) in [7, 11) is 0. The van der Waals surface area contributed by atoms with E-state index in [1.807, 2.05) is 30.1 Å². The van der Waals surface area contributed by atoms with E-state index >= 15 is 0 Å². The average Bonchev–Trinajstić information content (AvgIpc) is 2.95. The van der Waals surface area contributed by atoms with Crippen LogP contribution >= 0.6 is 0 Å². The van der Waals surface area contributed by atoms with Gasteiger partial charge in [-0.15, -0.1) is 0 Å². The summed E-state index contributed by atoms with van der Waals surface area (Å²) >= 11 is 0. The fraction of sp³-hybridized carbons (Fsp3) is 0.462. The van der Waals surface area contributed by atoms with Crippen LogP contribution in [-0.2, 0) is 6.54 Å². The number of nitrogen functional groups attached to an aromatic ring is 1. The molecule has 0 aromatic carbocycles. The van der Waals surface area contributed by atoms with Crippen LogP contribution in [0.25, 0.3) is 0 Å². The van der Waals surface area contributed by atoms with Gasteiger partial charge in [-0.25, -0.2) is 4.98 Å². The number of nitrogens with zero attached hydrogens (tertiary/aromatic N) is 4. The van der Waals surface area contributed by atoms with Gasteiger partial charge in [-0.1, -0.05) is 0 Å². The molecular formula is C13H18N6.